The quantitative estimate of drug-likeness (QED) is 0.263. The van der Waals surface area contributed by atoms with Gasteiger partial charge < -0.3 is 5.11 Å². The summed E-state index contributed by atoms with van der Waals surface area (Å²) in [7, 11) is 0. The maximum Gasteiger partial charge on any atom is 0.309 e. The minimum atomic E-state index is -0.587. The van der Waals surface area contributed by atoms with E-state index in [0.29, 0.717) is 35.9 Å². The first-order chi connectivity index (χ1) is 20.1. The first-order valence-electron chi connectivity index (χ1n) is 16.8. The molecule has 0 amide bonds. The normalized spacial score (nSPS) is 44.6. The van der Waals surface area contributed by atoms with Gasteiger partial charge in [-0.2, -0.15) is 0 Å². The van der Waals surface area contributed by atoms with Crippen LogP contribution in [0.2, 0.25) is 0 Å². The van der Waals surface area contributed by atoms with Gasteiger partial charge in [-0.25, -0.2) is 0 Å². The molecule has 0 aliphatic heterocycles. The van der Waals surface area contributed by atoms with Gasteiger partial charge in [0, 0.05) is 27.8 Å². The van der Waals surface area contributed by atoms with E-state index in [2.05, 4.69) is 75.9 Å². The zero-order chi connectivity index (χ0) is 31.2. The zero-order valence-electron chi connectivity index (χ0n) is 27.2. The average molecular weight is 648 g/mol. The van der Waals surface area contributed by atoms with Crippen molar-refractivity contribution >= 4 is 27.7 Å². The number of ketones is 1. The molecule has 6 rings (SSSR count). The van der Waals surface area contributed by atoms with Gasteiger partial charge >= 0.3 is 5.97 Å². The van der Waals surface area contributed by atoms with Crippen LogP contribution in [0.3, 0.4) is 0 Å². The van der Waals surface area contributed by atoms with E-state index < -0.39 is 11.4 Å². The second kappa shape index (κ2) is 10.3. The Labute approximate surface area is 268 Å². The molecule has 1 aromatic rings. The Morgan fingerprint density at radius 1 is 0.953 bits per heavy atom. The summed E-state index contributed by atoms with van der Waals surface area (Å²) in [4.78, 5) is 27.0. The summed E-state index contributed by atoms with van der Waals surface area (Å²) < 4.78 is 1.04. The van der Waals surface area contributed by atoms with Crippen LogP contribution in [0.25, 0.3) is 0 Å². The summed E-state index contributed by atoms with van der Waals surface area (Å²) in [5.74, 6) is 8.35. The smallest absolute Gasteiger partial charge is 0.309 e. The van der Waals surface area contributed by atoms with Gasteiger partial charge in [0.15, 0.2) is 0 Å². The van der Waals surface area contributed by atoms with Crippen LogP contribution < -0.4 is 0 Å². The highest BCUT2D eigenvalue weighted by molar-refractivity contribution is 9.10. The van der Waals surface area contributed by atoms with Crippen molar-refractivity contribution < 1.29 is 14.7 Å². The van der Waals surface area contributed by atoms with Crippen molar-refractivity contribution in [1.82, 2.24) is 0 Å². The highest BCUT2D eigenvalue weighted by Crippen LogP contribution is 2.77. The largest absolute Gasteiger partial charge is 0.481 e. The number of carboxylic acid groups (broad SMARTS) is 1. The molecular formula is C39H51BrO3. The molecule has 5 aliphatic rings. The number of aliphatic carboxylic acids is 1. The summed E-state index contributed by atoms with van der Waals surface area (Å²) >= 11 is 3.50. The lowest BCUT2D eigenvalue weighted by Gasteiger charge is -2.72. The van der Waals surface area contributed by atoms with Gasteiger partial charge in [0.2, 0.25) is 0 Å². The van der Waals surface area contributed by atoms with Gasteiger partial charge in [0.05, 0.1) is 5.41 Å². The van der Waals surface area contributed by atoms with Crippen LogP contribution in [0, 0.1) is 74.4 Å². The molecule has 3 nitrogen and oxygen atoms in total. The fourth-order valence-corrected chi connectivity index (χ4v) is 12.9. The molecule has 0 aromatic heterocycles. The molecule has 1 N–H and O–H groups in total. The molecular weight excluding hydrogens is 596 g/mol. The Bertz CT molecular complexity index is 1400. The van der Waals surface area contributed by atoms with E-state index >= 15 is 0 Å². The van der Waals surface area contributed by atoms with Crippen LogP contribution in [0.1, 0.15) is 111 Å². The Balaban J connectivity index is 1.34. The number of halogens is 1. The van der Waals surface area contributed by atoms with Crippen molar-refractivity contribution in [2.24, 2.45) is 62.6 Å². The lowest BCUT2D eigenvalue weighted by Crippen LogP contribution is -2.67. The van der Waals surface area contributed by atoms with Crippen LogP contribution in [0.5, 0.6) is 0 Å². The summed E-state index contributed by atoms with van der Waals surface area (Å²) in [5.41, 5.74) is 1.49. The van der Waals surface area contributed by atoms with E-state index in [1.54, 1.807) is 0 Å². The van der Waals surface area contributed by atoms with Gasteiger partial charge in [0.25, 0.3) is 0 Å². The van der Waals surface area contributed by atoms with E-state index in [1.165, 1.54) is 5.57 Å². The van der Waals surface area contributed by atoms with Crippen molar-refractivity contribution in [1.29, 1.82) is 0 Å². The molecule has 0 heterocycles. The summed E-state index contributed by atoms with van der Waals surface area (Å²) in [5, 5.41) is 10.7. The monoisotopic (exact) mass is 646 g/mol. The fourth-order valence-electron chi connectivity index (χ4n) is 12.6. The van der Waals surface area contributed by atoms with Gasteiger partial charge in [-0.1, -0.05) is 74.5 Å². The number of carbonyl (C=O) groups is 2. The minimum absolute atomic E-state index is 0.0410. The lowest BCUT2D eigenvalue weighted by molar-refractivity contribution is -0.238. The SMILES string of the molecule is C=C(C)[C@@H]1CC[C@]2(C(=O)O)CC[C@]3(C)[C@H](CC[C@@H]4[C@@]5(C)C[C@@H](CC#Cc6ccc(Br)cc6)C(=O)C(C)(C)[C@@H]5CC[C@]43C)[C@@H]12. The second-order valence-electron chi connectivity index (χ2n) is 16.6. The van der Waals surface area contributed by atoms with E-state index in [9.17, 15) is 14.7 Å². The zero-order valence-corrected chi connectivity index (χ0v) is 28.8. The van der Waals surface area contributed by atoms with E-state index in [4.69, 9.17) is 0 Å². The molecule has 0 spiro atoms. The predicted molar refractivity (Wildman–Crippen MR) is 176 cm³/mol. The van der Waals surface area contributed by atoms with Crippen LogP contribution >= 0.6 is 15.9 Å². The number of fused-ring (bicyclic) bond motifs is 7. The fraction of sp³-hybridized carbons (Fsp3) is 0.692. The van der Waals surface area contributed by atoms with Crippen molar-refractivity contribution in [3.63, 3.8) is 0 Å². The third-order valence-electron chi connectivity index (χ3n) is 14.7. The van der Waals surface area contributed by atoms with Crippen LogP contribution in [0.4, 0.5) is 0 Å². The Morgan fingerprint density at radius 3 is 2.30 bits per heavy atom. The van der Waals surface area contributed by atoms with Gasteiger partial charge in [0.1, 0.15) is 5.78 Å². The van der Waals surface area contributed by atoms with Gasteiger partial charge in [-0.05, 0) is 135 Å². The van der Waals surface area contributed by atoms with Crippen molar-refractivity contribution in [2.45, 2.75) is 106 Å². The number of Topliss-reactive ketones (excluding diaryl/α,β-unsaturated/α-hetero) is 1. The molecule has 0 saturated heterocycles. The molecule has 5 fully saturated rings. The Morgan fingerprint density at radius 2 is 1.65 bits per heavy atom. The van der Waals surface area contributed by atoms with Crippen LogP contribution in [0.15, 0.2) is 40.9 Å². The minimum Gasteiger partial charge on any atom is -0.481 e. The van der Waals surface area contributed by atoms with Crippen molar-refractivity contribution in [3.05, 3.63) is 46.5 Å². The number of rotatable bonds is 3. The van der Waals surface area contributed by atoms with E-state index in [-0.39, 0.29) is 33.5 Å². The Hall–Kier alpha value is -1.86. The molecule has 43 heavy (non-hydrogen) atoms. The number of carbonyl (C=O) groups excluding carboxylic acids is 1. The first-order valence-corrected chi connectivity index (χ1v) is 17.6. The summed E-state index contributed by atoms with van der Waals surface area (Å²) in [6.45, 7) is 18.6. The molecule has 1 aromatic carbocycles. The maximum atomic E-state index is 14.0. The number of hydrogen-bond donors (Lipinski definition) is 1. The Kier molecular flexibility index (Phi) is 7.48. The highest BCUT2D eigenvalue weighted by Gasteiger charge is 2.72. The van der Waals surface area contributed by atoms with Crippen molar-refractivity contribution in [2.75, 3.05) is 0 Å². The van der Waals surface area contributed by atoms with E-state index in [1.807, 2.05) is 24.3 Å². The molecule has 232 valence electrons. The summed E-state index contributed by atoms with van der Waals surface area (Å²) in [6.07, 6.45) is 9.58. The maximum absolute atomic E-state index is 14.0. The highest BCUT2D eigenvalue weighted by atomic mass is 79.9. The summed E-state index contributed by atoms with van der Waals surface area (Å²) in [6, 6.07) is 8.08. The molecule has 0 radical (unpaired) electrons. The third-order valence-corrected chi connectivity index (χ3v) is 15.3. The van der Waals surface area contributed by atoms with Gasteiger partial charge in [-0.15, -0.1) is 0 Å². The first kappa shape index (κ1) is 31.1. The number of hydrogen-bond acceptors (Lipinski definition) is 2. The lowest BCUT2D eigenvalue weighted by atomic mass is 9.32. The molecule has 5 saturated carbocycles. The third kappa shape index (κ3) is 4.33. The van der Waals surface area contributed by atoms with Crippen molar-refractivity contribution in [3.8, 4) is 11.8 Å². The van der Waals surface area contributed by atoms with E-state index in [0.717, 1.165) is 67.8 Å². The average Bonchev–Trinajstić information content (AvgIpc) is 3.34. The number of carboxylic acids is 1. The topological polar surface area (TPSA) is 54.4 Å². The number of allylic oxidation sites excluding steroid dienone is 1. The van der Waals surface area contributed by atoms with Crippen LogP contribution in [-0.4, -0.2) is 16.9 Å². The molecule has 0 unspecified atom stereocenters. The molecule has 5 aliphatic carbocycles. The molecule has 4 heteroatoms. The predicted octanol–water partition coefficient (Wildman–Crippen LogP) is 9.73. The van der Waals surface area contributed by atoms with Gasteiger partial charge in [-0.3, -0.25) is 9.59 Å². The molecule has 10 atom stereocenters. The second-order valence-corrected chi connectivity index (χ2v) is 17.6. The number of benzene rings is 1. The van der Waals surface area contributed by atoms with Crippen LogP contribution in [-0.2, 0) is 9.59 Å². The standard InChI is InChI=1S/C39H51BrO3/c1-24(2)28-17-20-39(34(42)43)22-21-37(6)29(32(28)39)15-16-31-36(5)23-26(10-8-9-25-11-13-27(40)14-12-25)33(41)35(3,4)30(36)18-19-38(31,37)7/h11-14,26,28-32H,1,10,15-23H2,2-7H3,(H,42,43)/t26-,28+,29-,30+,31-,32-,36+,37-,38-,39+/m1/s1. The molecule has 0 bridgehead atoms.